The van der Waals surface area contributed by atoms with E-state index in [4.69, 9.17) is 19.9 Å². The van der Waals surface area contributed by atoms with Crippen molar-refractivity contribution in [3.05, 3.63) is 54.1 Å². The molecule has 0 amide bonds. The van der Waals surface area contributed by atoms with Crippen LogP contribution < -0.4 is 14.9 Å². The summed E-state index contributed by atoms with van der Waals surface area (Å²) in [5.41, 5.74) is 2.01. The molecule has 1 aliphatic rings. The topological polar surface area (TPSA) is 125 Å². The van der Waals surface area contributed by atoms with Gasteiger partial charge in [0.2, 0.25) is 16.0 Å². The quantitative estimate of drug-likeness (QED) is 0.271. The number of nitrogens with one attached hydrogen (secondary N) is 2. The average Bonchev–Trinajstić information content (AvgIpc) is 2.96. The molecule has 0 radical (unpaired) electrons. The smallest absolute Gasteiger partial charge is 0.475 e. The third kappa shape index (κ3) is 9.28. The molecule has 1 heterocycles. The normalized spacial score (nSPS) is 17.3. The third-order valence-electron chi connectivity index (χ3n) is 7.30. The molecule has 4 rings (SSSR count). The molecule has 1 aliphatic carbocycles. The van der Waals surface area contributed by atoms with Crippen LogP contribution in [0.15, 0.2) is 53.4 Å². The fraction of sp³-hybridized carbons (Fsp3) is 0.483. The number of halogens is 3. The Hall–Kier alpha value is -3.45. The molecular formula is C29H38F3N5O4S. The number of aliphatic carboxylic acids is 1. The van der Waals surface area contributed by atoms with Gasteiger partial charge in [-0.3, -0.25) is 0 Å². The molecule has 2 aromatic carbocycles. The van der Waals surface area contributed by atoms with Gasteiger partial charge in [-0.15, -0.1) is 0 Å². The maximum atomic E-state index is 12.6. The first-order chi connectivity index (χ1) is 19.8. The standard InChI is InChI=1S/C27H37N5O2S.C2HF3O2/c1-4-32(5-2)26-24-8-6-7-9-25(24)30-27(31-26)28-18-21-12-14-22(15-13-21)19-29-35(33,34)23-16-10-20(3)11-17-23;3-2(4,5)1(6)7/h6-11,16-17,21-22,29H,4-5,12-15,18-19H2,1-3H3,(H,28,30,31);(H,6,7). The summed E-state index contributed by atoms with van der Waals surface area (Å²) in [6.45, 7) is 9.37. The zero-order valence-corrected chi connectivity index (χ0v) is 24.8. The number of fused-ring (bicyclic) bond motifs is 1. The lowest BCUT2D eigenvalue weighted by Gasteiger charge is -2.29. The molecule has 1 aromatic heterocycles. The molecule has 1 saturated carbocycles. The number of carboxylic acids is 1. The molecule has 230 valence electrons. The summed E-state index contributed by atoms with van der Waals surface area (Å²) in [4.78, 5) is 21.1. The van der Waals surface area contributed by atoms with Crippen LogP contribution in [0, 0.1) is 18.8 Å². The van der Waals surface area contributed by atoms with Crippen molar-refractivity contribution in [2.24, 2.45) is 11.8 Å². The van der Waals surface area contributed by atoms with E-state index in [9.17, 15) is 21.6 Å². The average molecular weight is 610 g/mol. The fourth-order valence-corrected chi connectivity index (χ4v) is 5.92. The number of rotatable bonds is 10. The first-order valence-electron chi connectivity index (χ1n) is 14.0. The maximum absolute atomic E-state index is 12.6. The van der Waals surface area contributed by atoms with Gasteiger partial charge in [0.15, 0.2) is 0 Å². The first-order valence-corrected chi connectivity index (χ1v) is 15.4. The summed E-state index contributed by atoms with van der Waals surface area (Å²) >= 11 is 0. The number of hydrogen-bond donors (Lipinski definition) is 3. The summed E-state index contributed by atoms with van der Waals surface area (Å²) in [5, 5.41) is 11.7. The van der Waals surface area contributed by atoms with Crippen molar-refractivity contribution in [3.8, 4) is 0 Å². The summed E-state index contributed by atoms with van der Waals surface area (Å²) in [6.07, 6.45) is -0.904. The van der Waals surface area contributed by atoms with Gasteiger partial charge in [0, 0.05) is 31.6 Å². The molecule has 0 bridgehead atoms. The van der Waals surface area contributed by atoms with Crippen molar-refractivity contribution in [2.45, 2.75) is 57.5 Å². The van der Waals surface area contributed by atoms with E-state index in [0.717, 1.165) is 67.6 Å². The Kier molecular flexibility index (Phi) is 11.5. The minimum atomic E-state index is -5.08. The van der Waals surface area contributed by atoms with Gasteiger partial charge in [0.05, 0.1) is 10.4 Å². The van der Waals surface area contributed by atoms with Crippen LogP contribution in [0.25, 0.3) is 10.9 Å². The van der Waals surface area contributed by atoms with Gasteiger partial charge in [0.25, 0.3) is 0 Å². The Morgan fingerprint density at radius 1 is 0.952 bits per heavy atom. The molecule has 3 N–H and O–H groups in total. The number of carboxylic acid groups (broad SMARTS) is 1. The molecule has 0 saturated heterocycles. The van der Waals surface area contributed by atoms with Crippen molar-refractivity contribution in [1.29, 1.82) is 0 Å². The van der Waals surface area contributed by atoms with Crippen LogP contribution in [0.3, 0.4) is 0 Å². The number of sulfonamides is 1. The molecule has 0 atom stereocenters. The first kappa shape index (κ1) is 33.1. The Morgan fingerprint density at radius 2 is 1.50 bits per heavy atom. The minimum absolute atomic E-state index is 0.334. The number of alkyl halides is 3. The van der Waals surface area contributed by atoms with Crippen molar-refractivity contribution in [1.82, 2.24) is 14.7 Å². The van der Waals surface area contributed by atoms with Crippen molar-refractivity contribution in [3.63, 3.8) is 0 Å². The van der Waals surface area contributed by atoms with Gasteiger partial charge in [-0.05, 0) is 82.6 Å². The number of anilines is 2. The second-order valence-corrected chi connectivity index (χ2v) is 12.1. The molecule has 0 unspecified atom stereocenters. The Balaban J connectivity index is 0.000000616. The Bertz CT molecular complexity index is 1420. The lowest BCUT2D eigenvalue weighted by atomic mass is 9.82. The van der Waals surface area contributed by atoms with Crippen LogP contribution in [0.5, 0.6) is 0 Å². The molecule has 13 heteroatoms. The highest BCUT2D eigenvalue weighted by atomic mass is 32.2. The van der Waals surface area contributed by atoms with E-state index < -0.39 is 22.2 Å². The molecule has 42 heavy (non-hydrogen) atoms. The van der Waals surface area contributed by atoms with E-state index in [0.29, 0.717) is 29.2 Å². The zero-order chi connectivity index (χ0) is 30.9. The van der Waals surface area contributed by atoms with Crippen LogP contribution >= 0.6 is 0 Å². The predicted octanol–water partition coefficient (Wildman–Crippen LogP) is 5.61. The number of aryl methyl sites for hydroxylation is 1. The third-order valence-corrected chi connectivity index (χ3v) is 8.74. The summed E-state index contributed by atoms with van der Waals surface area (Å²) in [5.74, 6) is -0.191. The SMILES string of the molecule is CCN(CC)c1nc(NCC2CCC(CNS(=O)(=O)c3ccc(C)cc3)CC2)nc2ccccc12.O=C(O)C(F)(F)F. The monoisotopic (exact) mass is 609 g/mol. The van der Waals surface area contributed by atoms with Crippen LogP contribution in [-0.4, -0.2) is 61.8 Å². The number of aromatic nitrogens is 2. The predicted molar refractivity (Wildman–Crippen MR) is 157 cm³/mol. The number of para-hydroxylation sites is 1. The molecule has 9 nitrogen and oxygen atoms in total. The van der Waals surface area contributed by atoms with Gasteiger partial charge >= 0.3 is 12.1 Å². The summed E-state index contributed by atoms with van der Waals surface area (Å²) < 4.78 is 59.7. The van der Waals surface area contributed by atoms with Gasteiger partial charge in [-0.25, -0.2) is 22.9 Å². The van der Waals surface area contributed by atoms with Crippen molar-refractivity contribution >= 4 is 38.7 Å². The van der Waals surface area contributed by atoms with E-state index in [-0.39, 0.29) is 0 Å². The molecule has 0 aliphatic heterocycles. The van der Waals surface area contributed by atoms with E-state index >= 15 is 0 Å². The number of carbonyl (C=O) groups is 1. The molecule has 1 fully saturated rings. The highest BCUT2D eigenvalue weighted by molar-refractivity contribution is 7.89. The fourth-order valence-electron chi connectivity index (χ4n) is 4.81. The highest BCUT2D eigenvalue weighted by Gasteiger charge is 2.38. The second kappa shape index (κ2) is 14.6. The van der Waals surface area contributed by atoms with Gasteiger partial charge in [0.1, 0.15) is 5.82 Å². The molecule has 0 spiro atoms. The minimum Gasteiger partial charge on any atom is -0.475 e. The number of benzene rings is 2. The number of nitrogens with zero attached hydrogens (tertiary/aromatic N) is 3. The Morgan fingerprint density at radius 3 is 2.05 bits per heavy atom. The van der Waals surface area contributed by atoms with Crippen molar-refractivity contribution < 1.29 is 31.5 Å². The van der Waals surface area contributed by atoms with Gasteiger partial charge in [-0.2, -0.15) is 18.2 Å². The highest BCUT2D eigenvalue weighted by Crippen LogP contribution is 2.30. The van der Waals surface area contributed by atoms with E-state index in [1.807, 2.05) is 37.3 Å². The van der Waals surface area contributed by atoms with Gasteiger partial charge in [-0.1, -0.05) is 29.8 Å². The largest absolute Gasteiger partial charge is 0.490 e. The summed E-state index contributed by atoms with van der Waals surface area (Å²) in [6, 6.07) is 15.2. The van der Waals surface area contributed by atoms with Crippen LogP contribution in [0.4, 0.5) is 24.9 Å². The lowest BCUT2D eigenvalue weighted by Crippen LogP contribution is -2.32. The second-order valence-electron chi connectivity index (χ2n) is 10.3. The Labute approximate surface area is 244 Å². The van der Waals surface area contributed by atoms with Gasteiger partial charge < -0.3 is 15.3 Å². The molecular weight excluding hydrogens is 571 g/mol. The lowest BCUT2D eigenvalue weighted by molar-refractivity contribution is -0.192. The number of hydrogen-bond acceptors (Lipinski definition) is 7. The van der Waals surface area contributed by atoms with Crippen LogP contribution in [-0.2, 0) is 14.8 Å². The van der Waals surface area contributed by atoms with Crippen molar-refractivity contribution in [2.75, 3.05) is 36.4 Å². The summed E-state index contributed by atoms with van der Waals surface area (Å²) in [7, 11) is -3.45. The zero-order valence-electron chi connectivity index (χ0n) is 24.0. The van der Waals surface area contributed by atoms with E-state index in [1.54, 1.807) is 12.1 Å². The van der Waals surface area contributed by atoms with E-state index in [1.165, 1.54) is 0 Å². The van der Waals surface area contributed by atoms with Crippen LogP contribution in [0.1, 0.15) is 45.1 Å². The van der Waals surface area contributed by atoms with E-state index in [2.05, 4.69) is 34.9 Å². The maximum Gasteiger partial charge on any atom is 0.490 e. The molecule has 3 aromatic rings. The van der Waals surface area contributed by atoms with Crippen LogP contribution in [0.2, 0.25) is 0 Å².